The molecule has 0 saturated carbocycles. The van der Waals surface area contributed by atoms with Crippen molar-refractivity contribution in [3.63, 3.8) is 0 Å². The van der Waals surface area contributed by atoms with E-state index < -0.39 is 17.1 Å². The van der Waals surface area contributed by atoms with Crippen molar-refractivity contribution in [3.8, 4) is 5.75 Å². The number of methoxy groups -OCH3 is 1. The Labute approximate surface area is 195 Å². The van der Waals surface area contributed by atoms with Crippen molar-refractivity contribution in [1.29, 1.82) is 0 Å². The van der Waals surface area contributed by atoms with E-state index in [2.05, 4.69) is 10.8 Å². The summed E-state index contributed by atoms with van der Waals surface area (Å²) in [5.74, 6) is -0.00263. The summed E-state index contributed by atoms with van der Waals surface area (Å²) >= 11 is 0.861. The van der Waals surface area contributed by atoms with E-state index in [9.17, 15) is 14.4 Å². The fourth-order valence-electron chi connectivity index (χ4n) is 3.25. The third kappa shape index (κ3) is 5.35. The second-order valence-electron chi connectivity index (χ2n) is 7.37. The lowest BCUT2D eigenvalue weighted by Crippen LogP contribution is -2.27. The Morgan fingerprint density at radius 3 is 2.61 bits per heavy atom. The summed E-state index contributed by atoms with van der Waals surface area (Å²) in [7, 11) is 1.24. The van der Waals surface area contributed by atoms with Crippen LogP contribution in [-0.2, 0) is 22.7 Å². The summed E-state index contributed by atoms with van der Waals surface area (Å²) in [6.45, 7) is 2.43. The molecule has 1 saturated heterocycles. The number of esters is 1. The van der Waals surface area contributed by atoms with Gasteiger partial charge >= 0.3 is 5.97 Å². The number of hydrogen-bond donors (Lipinski definition) is 0. The maximum atomic E-state index is 12.7. The van der Waals surface area contributed by atoms with Gasteiger partial charge < -0.3 is 13.9 Å². The maximum absolute atomic E-state index is 12.7. The summed E-state index contributed by atoms with van der Waals surface area (Å²) in [4.78, 5) is 38.0. The van der Waals surface area contributed by atoms with Gasteiger partial charge in [0.05, 0.1) is 18.6 Å². The molecule has 0 unspecified atom stereocenters. The first kappa shape index (κ1) is 22.4. The highest BCUT2D eigenvalue weighted by molar-refractivity contribution is 8.18. The van der Waals surface area contributed by atoms with E-state index >= 15 is 0 Å². The van der Waals surface area contributed by atoms with E-state index in [0.29, 0.717) is 23.0 Å². The van der Waals surface area contributed by atoms with Crippen molar-refractivity contribution >= 4 is 35.0 Å². The number of thioether (sulfide) groups is 1. The third-order valence-corrected chi connectivity index (χ3v) is 5.81. The molecule has 1 aliphatic rings. The minimum atomic E-state index is -0.624. The molecule has 2 heterocycles. The average Bonchev–Trinajstić information content (AvgIpc) is 3.39. The van der Waals surface area contributed by atoms with Crippen molar-refractivity contribution < 1.29 is 28.3 Å². The van der Waals surface area contributed by atoms with E-state index in [0.717, 1.165) is 27.8 Å². The smallest absolute Gasteiger partial charge is 0.373 e. The molecule has 3 aromatic rings. The van der Waals surface area contributed by atoms with Crippen LogP contribution in [0.4, 0.5) is 4.79 Å². The average molecular weight is 464 g/mol. The first-order chi connectivity index (χ1) is 15.9. The molecule has 0 spiro atoms. The molecule has 7 nitrogen and oxygen atoms in total. The predicted octanol–water partition coefficient (Wildman–Crippen LogP) is 5.19. The molecule has 2 amide bonds. The number of aryl methyl sites for hydroxylation is 1. The predicted molar refractivity (Wildman–Crippen MR) is 124 cm³/mol. The van der Waals surface area contributed by atoms with Gasteiger partial charge in [0.1, 0.15) is 18.1 Å². The van der Waals surface area contributed by atoms with Crippen LogP contribution in [0.2, 0.25) is 0 Å². The molecular weight excluding hydrogens is 442 g/mol. The second kappa shape index (κ2) is 9.79. The topological polar surface area (TPSA) is 86.0 Å². The van der Waals surface area contributed by atoms with Crippen molar-refractivity contribution in [2.24, 2.45) is 0 Å². The number of carbonyl (C=O) groups is 3. The normalized spacial score (nSPS) is 14.7. The first-order valence-electron chi connectivity index (χ1n) is 10.1. The number of imide groups is 1. The van der Waals surface area contributed by atoms with Gasteiger partial charge in [-0.2, -0.15) is 0 Å². The highest BCUT2D eigenvalue weighted by atomic mass is 32.2. The van der Waals surface area contributed by atoms with Crippen molar-refractivity contribution in [1.82, 2.24) is 4.90 Å². The highest BCUT2D eigenvalue weighted by Gasteiger charge is 2.35. The molecule has 4 rings (SSSR count). The summed E-state index contributed by atoms with van der Waals surface area (Å²) in [6.07, 6.45) is 1.66. The van der Waals surface area contributed by atoms with Crippen LogP contribution in [0.15, 0.2) is 70.0 Å². The van der Waals surface area contributed by atoms with Gasteiger partial charge in [-0.25, -0.2) is 4.79 Å². The van der Waals surface area contributed by atoms with Crippen LogP contribution in [0.25, 0.3) is 6.08 Å². The highest BCUT2D eigenvalue weighted by Crippen LogP contribution is 2.33. The Morgan fingerprint density at radius 1 is 1.09 bits per heavy atom. The standard InChI is InChI=1S/C25H21NO6S/c1-16-4-3-5-18(12-16)15-31-19-8-6-17(7-9-19)13-22-23(27)26(25(29)33-22)14-20-10-11-21(32-20)24(28)30-2/h3-13H,14-15H2,1-2H3. The first-order valence-corrected chi connectivity index (χ1v) is 11.0. The quantitative estimate of drug-likeness (QED) is 0.352. The zero-order valence-corrected chi connectivity index (χ0v) is 18.9. The Hall–Kier alpha value is -3.78. The maximum Gasteiger partial charge on any atom is 0.373 e. The van der Waals surface area contributed by atoms with Gasteiger partial charge in [0.15, 0.2) is 0 Å². The number of carbonyl (C=O) groups excluding carboxylic acids is 3. The van der Waals surface area contributed by atoms with E-state index in [1.54, 1.807) is 6.08 Å². The number of benzene rings is 2. The van der Waals surface area contributed by atoms with E-state index in [4.69, 9.17) is 9.15 Å². The lowest BCUT2D eigenvalue weighted by molar-refractivity contribution is -0.123. The minimum absolute atomic E-state index is 0.0136. The molecule has 0 bridgehead atoms. The van der Waals surface area contributed by atoms with Crippen molar-refractivity contribution in [2.75, 3.05) is 7.11 Å². The molecule has 0 atom stereocenters. The van der Waals surface area contributed by atoms with E-state index in [1.165, 1.54) is 24.8 Å². The van der Waals surface area contributed by atoms with Crippen LogP contribution >= 0.6 is 11.8 Å². The van der Waals surface area contributed by atoms with Crippen LogP contribution in [-0.4, -0.2) is 29.1 Å². The van der Waals surface area contributed by atoms with Gasteiger partial charge in [0, 0.05) is 0 Å². The van der Waals surface area contributed by atoms with Crippen LogP contribution in [0.5, 0.6) is 5.75 Å². The van der Waals surface area contributed by atoms with Crippen LogP contribution < -0.4 is 4.74 Å². The van der Waals surface area contributed by atoms with Gasteiger partial charge in [0.25, 0.3) is 11.1 Å². The molecule has 1 fully saturated rings. The summed E-state index contributed by atoms with van der Waals surface area (Å²) in [5, 5.41) is -0.402. The summed E-state index contributed by atoms with van der Waals surface area (Å²) in [6, 6.07) is 18.4. The Kier molecular flexibility index (Phi) is 6.65. The molecule has 2 aromatic carbocycles. The molecule has 33 heavy (non-hydrogen) atoms. The second-order valence-corrected chi connectivity index (χ2v) is 8.37. The number of ether oxygens (including phenoxy) is 2. The monoisotopic (exact) mass is 463 g/mol. The van der Waals surface area contributed by atoms with Gasteiger partial charge in [-0.15, -0.1) is 0 Å². The number of rotatable bonds is 7. The van der Waals surface area contributed by atoms with Gasteiger partial charge in [-0.3, -0.25) is 14.5 Å². The zero-order valence-electron chi connectivity index (χ0n) is 18.1. The van der Waals surface area contributed by atoms with Crippen molar-refractivity contribution in [3.05, 3.63) is 93.8 Å². The molecular formula is C25H21NO6S. The van der Waals surface area contributed by atoms with Crippen LogP contribution in [0.3, 0.4) is 0 Å². The molecule has 168 valence electrons. The Balaban J connectivity index is 1.39. The largest absolute Gasteiger partial charge is 0.489 e. The fourth-order valence-corrected chi connectivity index (χ4v) is 4.08. The van der Waals surface area contributed by atoms with Crippen LogP contribution in [0.1, 0.15) is 33.0 Å². The third-order valence-electron chi connectivity index (χ3n) is 4.90. The molecule has 1 aromatic heterocycles. The lowest BCUT2D eigenvalue weighted by Gasteiger charge is -2.10. The van der Waals surface area contributed by atoms with Gasteiger partial charge in [-0.05, 0) is 60.2 Å². The minimum Gasteiger partial charge on any atom is -0.489 e. The Morgan fingerprint density at radius 2 is 1.88 bits per heavy atom. The Bertz CT molecular complexity index is 1230. The molecule has 1 aliphatic heterocycles. The number of nitrogens with zero attached hydrogens (tertiary/aromatic N) is 1. The number of hydrogen-bond acceptors (Lipinski definition) is 7. The van der Waals surface area contributed by atoms with Gasteiger partial charge in [-0.1, -0.05) is 42.0 Å². The molecule has 8 heteroatoms. The van der Waals surface area contributed by atoms with E-state index in [-0.39, 0.29) is 12.3 Å². The zero-order chi connectivity index (χ0) is 23.4. The summed E-state index contributed by atoms with van der Waals surface area (Å²) in [5.41, 5.74) is 3.04. The summed E-state index contributed by atoms with van der Waals surface area (Å²) < 4.78 is 15.8. The number of amides is 2. The molecule has 0 N–H and O–H groups in total. The fraction of sp³-hybridized carbons (Fsp3) is 0.160. The van der Waals surface area contributed by atoms with Crippen molar-refractivity contribution in [2.45, 2.75) is 20.1 Å². The van der Waals surface area contributed by atoms with E-state index in [1.807, 2.05) is 49.4 Å². The van der Waals surface area contributed by atoms with Crippen LogP contribution in [0, 0.1) is 6.92 Å². The SMILES string of the molecule is COC(=O)c1ccc(CN2C(=O)SC(=Cc3ccc(OCc4cccc(C)c4)cc3)C2=O)o1. The number of furan rings is 1. The molecule has 0 radical (unpaired) electrons. The molecule has 0 aliphatic carbocycles. The van der Waals surface area contributed by atoms with Gasteiger partial charge in [0.2, 0.25) is 5.76 Å². The lowest BCUT2D eigenvalue weighted by atomic mass is 10.1.